The van der Waals surface area contributed by atoms with E-state index in [1.165, 1.54) is 16.8 Å². The summed E-state index contributed by atoms with van der Waals surface area (Å²) in [6.07, 6.45) is 3.90. The van der Waals surface area contributed by atoms with Crippen LogP contribution in [-0.2, 0) is 6.54 Å². The maximum atomic E-state index is 12.2. The molecule has 1 N–H and O–H groups in total. The zero-order valence-electron chi connectivity index (χ0n) is 16.2. The number of amides is 1. The average Bonchev–Trinajstić information content (AvgIpc) is 2.67. The minimum absolute atomic E-state index is 0.0258. The highest BCUT2D eigenvalue weighted by molar-refractivity contribution is 6.32. The largest absolute Gasteiger partial charge is 0.490 e. The number of hydrazone groups is 1. The first-order valence-electron chi connectivity index (χ1n) is 9.13. The molecule has 0 radical (unpaired) electrons. The fourth-order valence-electron chi connectivity index (χ4n) is 2.45. The minimum Gasteiger partial charge on any atom is -0.490 e. The molecule has 28 heavy (non-hydrogen) atoms. The van der Waals surface area contributed by atoms with Gasteiger partial charge in [0.1, 0.15) is 5.56 Å². The van der Waals surface area contributed by atoms with Crippen LogP contribution < -0.4 is 20.5 Å². The molecule has 0 saturated heterocycles. The molecular weight excluding hydrogens is 382 g/mol. The van der Waals surface area contributed by atoms with Gasteiger partial charge in [0.05, 0.1) is 24.5 Å². The second-order valence-corrected chi connectivity index (χ2v) is 6.23. The third kappa shape index (κ3) is 5.36. The summed E-state index contributed by atoms with van der Waals surface area (Å²) in [5.41, 5.74) is 2.65. The number of rotatable bonds is 9. The van der Waals surface area contributed by atoms with Gasteiger partial charge in [-0.25, -0.2) is 5.43 Å². The number of carbonyl (C=O) groups excluding carboxylic acids is 1. The summed E-state index contributed by atoms with van der Waals surface area (Å²) in [7, 11) is 0. The molecular formula is C20H24ClN3O4. The van der Waals surface area contributed by atoms with Crippen LogP contribution in [0.5, 0.6) is 11.5 Å². The summed E-state index contributed by atoms with van der Waals surface area (Å²) < 4.78 is 12.7. The van der Waals surface area contributed by atoms with Crippen molar-refractivity contribution in [1.82, 2.24) is 9.99 Å². The molecule has 0 unspecified atom stereocenters. The molecule has 2 aromatic rings. The van der Waals surface area contributed by atoms with Crippen LogP contribution in [0.2, 0.25) is 5.02 Å². The predicted octanol–water partition coefficient (Wildman–Crippen LogP) is 3.47. The van der Waals surface area contributed by atoms with E-state index in [1.54, 1.807) is 24.4 Å². The Bertz CT molecular complexity index is 909. The Kier molecular flexibility index (Phi) is 8.07. The Morgan fingerprint density at radius 2 is 2.07 bits per heavy atom. The smallest absolute Gasteiger partial charge is 0.276 e. The Labute approximate surface area is 168 Å². The van der Waals surface area contributed by atoms with Gasteiger partial charge in [-0.05, 0) is 50.1 Å². The lowest BCUT2D eigenvalue weighted by atomic mass is 10.2. The predicted molar refractivity (Wildman–Crippen MR) is 110 cm³/mol. The van der Waals surface area contributed by atoms with E-state index in [0.717, 1.165) is 6.42 Å². The number of carbonyl (C=O) groups is 1. The number of hydrogen-bond acceptors (Lipinski definition) is 5. The molecule has 1 amide bonds. The van der Waals surface area contributed by atoms with E-state index < -0.39 is 5.91 Å². The Morgan fingerprint density at radius 1 is 1.29 bits per heavy atom. The van der Waals surface area contributed by atoms with Crippen molar-refractivity contribution in [3.8, 4) is 11.5 Å². The average molecular weight is 406 g/mol. The number of aryl methyl sites for hydroxylation is 1. The van der Waals surface area contributed by atoms with E-state index >= 15 is 0 Å². The molecule has 1 heterocycles. The molecule has 7 nitrogen and oxygen atoms in total. The standard InChI is InChI=1S/C20H24ClN3O4/c1-4-10-28-18-16(21)11-14(12-17(18)27-6-3)13-22-23-19(25)15-8-7-9-24(5-2)20(15)26/h7-9,11-13H,4-6,10H2,1-3H3,(H,23,25)/b22-13-. The van der Waals surface area contributed by atoms with Gasteiger partial charge in [-0.1, -0.05) is 18.5 Å². The second-order valence-electron chi connectivity index (χ2n) is 5.82. The van der Waals surface area contributed by atoms with Crippen molar-refractivity contribution < 1.29 is 14.3 Å². The number of benzene rings is 1. The van der Waals surface area contributed by atoms with Crippen molar-refractivity contribution in [2.24, 2.45) is 5.10 Å². The van der Waals surface area contributed by atoms with E-state index in [-0.39, 0.29) is 11.1 Å². The molecule has 1 aromatic heterocycles. The zero-order chi connectivity index (χ0) is 20.5. The first-order chi connectivity index (χ1) is 13.5. The van der Waals surface area contributed by atoms with Crippen molar-refractivity contribution in [3.63, 3.8) is 0 Å². The Balaban J connectivity index is 2.17. The van der Waals surface area contributed by atoms with Crippen LogP contribution in [0, 0.1) is 0 Å². The molecule has 0 fully saturated rings. The maximum absolute atomic E-state index is 12.2. The zero-order valence-corrected chi connectivity index (χ0v) is 17.0. The maximum Gasteiger partial charge on any atom is 0.276 e. The topological polar surface area (TPSA) is 81.9 Å². The molecule has 8 heteroatoms. The third-order valence-corrected chi connectivity index (χ3v) is 4.05. The van der Waals surface area contributed by atoms with Crippen LogP contribution in [-0.4, -0.2) is 29.9 Å². The molecule has 0 aliphatic heterocycles. The van der Waals surface area contributed by atoms with Crippen molar-refractivity contribution in [3.05, 3.63) is 57.0 Å². The number of pyridine rings is 1. The lowest BCUT2D eigenvalue weighted by Gasteiger charge is -2.13. The van der Waals surface area contributed by atoms with Crippen molar-refractivity contribution in [1.29, 1.82) is 0 Å². The first kappa shape index (κ1) is 21.5. The molecule has 0 aliphatic rings. The van der Waals surface area contributed by atoms with Gasteiger partial charge in [-0.3, -0.25) is 9.59 Å². The van der Waals surface area contributed by atoms with Crippen LogP contribution >= 0.6 is 11.6 Å². The van der Waals surface area contributed by atoms with E-state index in [4.69, 9.17) is 21.1 Å². The summed E-state index contributed by atoms with van der Waals surface area (Å²) in [6.45, 7) is 7.15. The summed E-state index contributed by atoms with van der Waals surface area (Å²) >= 11 is 6.30. The lowest BCUT2D eigenvalue weighted by Crippen LogP contribution is -2.30. The number of halogens is 1. The van der Waals surface area contributed by atoms with Gasteiger partial charge >= 0.3 is 0 Å². The normalized spacial score (nSPS) is 10.9. The van der Waals surface area contributed by atoms with Crippen LogP contribution in [0.25, 0.3) is 0 Å². The fourth-order valence-corrected chi connectivity index (χ4v) is 2.73. The summed E-state index contributed by atoms with van der Waals surface area (Å²) in [4.78, 5) is 24.4. The molecule has 0 bridgehead atoms. The van der Waals surface area contributed by atoms with Crippen molar-refractivity contribution >= 4 is 23.7 Å². The van der Waals surface area contributed by atoms with E-state index in [2.05, 4.69) is 10.5 Å². The Morgan fingerprint density at radius 3 is 2.75 bits per heavy atom. The number of aromatic nitrogens is 1. The third-order valence-electron chi connectivity index (χ3n) is 3.77. The SMILES string of the molecule is CCCOc1c(Cl)cc(/C=N\NC(=O)c2cccn(CC)c2=O)cc1OCC. The number of hydrogen-bond donors (Lipinski definition) is 1. The summed E-state index contributed by atoms with van der Waals surface area (Å²) in [5, 5.41) is 4.31. The minimum atomic E-state index is -0.580. The van der Waals surface area contributed by atoms with Gasteiger partial charge in [0.25, 0.3) is 11.5 Å². The van der Waals surface area contributed by atoms with Gasteiger partial charge in [0, 0.05) is 12.7 Å². The van der Waals surface area contributed by atoms with Crippen molar-refractivity contribution in [2.45, 2.75) is 33.7 Å². The Hall–Kier alpha value is -2.80. The molecule has 0 spiro atoms. The van der Waals surface area contributed by atoms with Crippen LogP contribution in [0.1, 0.15) is 43.1 Å². The highest BCUT2D eigenvalue weighted by Crippen LogP contribution is 2.36. The van der Waals surface area contributed by atoms with Crippen LogP contribution in [0.4, 0.5) is 0 Å². The molecule has 150 valence electrons. The van der Waals surface area contributed by atoms with Gasteiger partial charge in [0.2, 0.25) is 0 Å². The van der Waals surface area contributed by atoms with E-state index in [9.17, 15) is 9.59 Å². The quantitative estimate of drug-likeness (QED) is 0.511. The van der Waals surface area contributed by atoms with Gasteiger partial charge in [-0.2, -0.15) is 5.10 Å². The number of nitrogens with zero attached hydrogens (tertiary/aromatic N) is 2. The highest BCUT2D eigenvalue weighted by atomic mass is 35.5. The van der Waals surface area contributed by atoms with Crippen molar-refractivity contribution in [2.75, 3.05) is 13.2 Å². The monoisotopic (exact) mass is 405 g/mol. The highest BCUT2D eigenvalue weighted by Gasteiger charge is 2.13. The number of ether oxygens (including phenoxy) is 2. The molecule has 2 rings (SSSR count). The van der Waals surface area contributed by atoms with Gasteiger partial charge < -0.3 is 14.0 Å². The molecule has 0 saturated carbocycles. The summed E-state index contributed by atoms with van der Waals surface area (Å²) in [6, 6.07) is 6.50. The lowest BCUT2D eigenvalue weighted by molar-refractivity contribution is 0.0953. The molecule has 0 aliphatic carbocycles. The first-order valence-corrected chi connectivity index (χ1v) is 9.51. The fraction of sp³-hybridized carbons (Fsp3) is 0.350. The second kappa shape index (κ2) is 10.5. The van der Waals surface area contributed by atoms with Crippen LogP contribution in [0.15, 0.2) is 40.4 Å². The van der Waals surface area contributed by atoms with Gasteiger partial charge in [0.15, 0.2) is 11.5 Å². The molecule has 0 atom stereocenters. The van der Waals surface area contributed by atoms with E-state index in [1.807, 2.05) is 20.8 Å². The molecule has 1 aromatic carbocycles. The van der Waals surface area contributed by atoms with Crippen LogP contribution in [0.3, 0.4) is 0 Å². The van der Waals surface area contributed by atoms with Gasteiger partial charge in [-0.15, -0.1) is 0 Å². The summed E-state index contributed by atoms with van der Waals surface area (Å²) in [5.74, 6) is 0.407. The van der Waals surface area contributed by atoms with E-state index in [0.29, 0.717) is 41.8 Å². The number of nitrogens with one attached hydrogen (secondary N) is 1.